The van der Waals surface area contributed by atoms with E-state index >= 15 is 0 Å². The lowest BCUT2D eigenvalue weighted by Crippen LogP contribution is -1.95. The summed E-state index contributed by atoms with van der Waals surface area (Å²) in [7, 11) is -3.99. The van der Waals surface area contributed by atoms with E-state index in [4.69, 9.17) is 4.42 Å². The van der Waals surface area contributed by atoms with Crippen molar-refractivity contribution in [3.8, 4) is 0 Å². The second kappa shape index (κ2) is 4.18. The van der Waals surface area contributed by atoms with Gasteiger partial charge in [0.2, 0.25) is 9.99 Å². The van der Waals surface area contributed by atoms with Gasteiger partial charge in [-0.3, -0.25) is 4.55 Å². The molecular formula is C13H9NO4S. The number of hydrogen-bond donors (Lipinski definition) is 1. The minimum Gasteiger partial charge on any atom is -0.456 e. The molecule has 0 bridgehead atoms. The van der Waals surface area contributed by atoms with Crippen molar-refractivity contribution in [1.29, 1.82) is 0 Å². The van der Waals surface area contributed by atoms with Crippen LogP contribution in [0.5, 0.6) is 0 Å². The van der Waals surface area contributed by atoms with Crippen molar-refractivity contribution in [1.82, 2.24) is 0 Å². The minimum absolute atomic E-state index is 0.0000463. The third-order valence-electron chi connectivity index (χ3n) is 2.85. The number of nitroso groups, excluding NO2 is 1. The second-order valence-electron chi connectivity index (χ2n) is 3.99. The molecule has 2 aromatic carbocycles. The van der Waals surface area contributed by atoms with Crippen LogP contribution in [-0.2, 0) is 9.99 Å². The number of hydrogen-bond acceptors (Lipinski definition) is 3. The Morgan fingerprint density at radius 1 is 0.947 bits per heavy atom. The quantitative estimate of drug-likeness (QED) is 0.418. The molecule has 3 aromatic rings. The van der Waals surface area contributed by atoms with Crippen molar-refractivity contribution in [2.45, 2.75) is 0 Å². The Bertz CT molecular complexity index is 894. The molecule has 5 nitrogen and oxygen atoms in total. The molecule has 1 heterocycles. The van der Waals surface area contributed by atoms with Gasteiger partial charge in [-0.15, -0.1) is 4.91 Å². The Morgan fingerprint density at radius 2 is 1.42 bits per heavy atom. The largest absolute Gasteiger partial charge is 0.456 e. The maximum absolute atomic E-state index is 12.0. The van der Waals surface area contributed by atoms with Gasteiger partial charge in [0.15, 0.2) is 0 Å². The van der Waals surface area contributed by atoms with Crippen LogP contribution in [0.2, 0.25) is 0 Å². The zero-order valence-corrected chi connectivity index (χ0v) is 10.5. The van der Waals surface area contributed by atoms with Gasteiger partial charge in [0.1, 0.15) is 11.2 Å². The first kappa shape index (κ1) is 11.9. The van der Waals surface area contributed by atoms with E-state index in [0.29, 0.717) is 21.9 Å². The average Bonchev–Trinajstić information content (AvgIpc) is 2.44. The number of benzene rings is 2. The lowest BCUT2D eigenvalue weighted by molar-refractivity contribution is 0.557. The molecule has 19 heavy (non-hydrogen) atoms. The smallest absolute Gasteiger partial charge is 0.233 e. The highest BCUT2D eigenvalue weighted by atomic mass is 32.2. The Morgan fingerprint density at radius 3 is 1.89 bits per heavy atom. The van der Waals surface area contributed by atoms with E-state index in [1.165, 1.54) is 0 Å². The first-order valence-electron chi connectivity index (χ1n) is 5.48. The van der Waals surface area contributed by atoms with Crippen LogP contribution in [0.15, 0.2) is 57.5 Å². The highest BCUT2D eigenvalue weighted by molar-refractivity contribution is 7.88. The van der Waals surface area contributed by atoms with E-state index < -0.39 is 9.99 Å². The van der Waals surface area contributed by atoms with Gasteiger partial charge >= 0.3 is 0 Å². The first-order valence-corrected chi connectivity index (χ1v) is 6.95. The molecule has 1 aromatic heterocycles. The Labute approximate surface area is 108 Å². The molecule has 0 aliphatic heterocycles. The molecule has 1 atom stereocenters. The normalized spacial score (nSPS) is 14.4. The summed E-state index contributed by atoms with van der Waals surface area (Å²) in [5, 5.41) is 0.821. The van der Waals surface area contributed by atoms with E-state index in [-0.39, 0.29) is 4.51 Å². The summed E-state index contributed by atoms with van der Waals surface area (Å²) in [4.78, 5) is 10.7. The van der Waals surface area contributed by atoms with Gasteiger partial charge in [0.05, 0.1) is 9.09 Å². The number of fused-ring (bicyclic) bond motifs is 2. The molecule has 1 unspecified atom stereocenters. The fourth-order valence-electron chi connectivity index (χ4n) is 2.07. The van der Waals surface area contributed by atoms with Crippen molar-refractivity contribution >= 4 is 31.9 Å². The summed E-state index contributed by atoms with van der Waals surface area (Å²) < 4.78 is 29.8. The van der Waals surface area contributed by atoms with Crippen LogP contribution >= 0.6 is 0 Å². The first-order chi connectivity index (χ1) is 9.13. The SMILES string of the molecule is O=NS(=O)(O)=c1c2ccccc2oc2ccccc12. The molecule has 0 fully saturated rings. The minimum atomic E-state index is -3.99. The number of para-hydroxylation sites is 2. The maximum atomic E-state index is 12.0. The van der Waals surface area contributed by atoms with Gasteiger partial charge in [-0.1, -0.05) is 24.3 Å². The van der Waals surface area contributed by atoms with Crippen LogP contribution in [0.3, 0.4) is 0 Å². The lowest BCUT2D eigenvalue weighted by Gasteiger charge is -2.04. The Hall–Kier alpha value is -2.18. The van der Waals surface area contributed by atoms with Crippen LogP contribution in [-0.4, -0.2) is 8.76 Å². The van der Waals surface area contributed by atoms with Crippen molar-refractivity contribution < 1.29 is 13.2 Å². The molecule has 96 valence electrons. The van der Waals surface area contributed by atoms with Crippen LogP contribution in [0, 0.1) is 9.42 Å². The monoisotopic (exact) mass is 275 g/mol. The van der Waals surface area contributed by atoms with Gasteiger partial charge in [0, 0.05) is 10.8 Å². The summed E-state index contributed by atoms with van der Waals surface area (Å²) in [6.07, 6.45) is 0. The van der Waals surface area contributed by atoms with Crippen molar-refractivity contribution in [3.63, 3.8) is 0 Å². The topological polar surface area (TPSA) is 79.9 Å². The summed E-state index contributed by atoms with van der Waals surface area (Å²) in [6, 6.07) is 13.5. The van der Waals surface area contributed by atoms with Gasteiger partial charge in [-0.25, -0.2) is 4.21 Å². The predicted octanol–water partition coefficient (Wildman–Crippen LogP) is 3.56. The fourth-order valence-corrected chi connectivity index (χ4v) is 3.06. The highest BCUT2D eigenvalue weighted by Crippen LogP contribution is 2.26. The average molecular weight is 275 g/mol. The van der Waals surface area contributed by atoms with Crippen LogP contribution < -0.4 is 0 Å². The zero-order chi connectivity index (χ0) is 13.5. The summed E-state index contributed by atoms with van der Waals surface area (Å²) in [5.41, 5.74) is 0.864. The molecule has 1 N–H and O–H groups in total. The van der Waals surface area contributed by atoms with Gasteiger partial charge < -0.3 is 4.42 Å². The molecule has 0 saturated heterocycles. The van der Waals surface area contributed by atoms with Gasteiger partial charge in [-0.05, 0) is 24.3 Å². The van der Waals surface area contributed by atoms with Crippen LogP contribution in [0.25, 0.3) is 21.9 Å². The zero-order valence-electron chi connectivity index (χ0n) is 9.65. The molecule has 0 saturated carbocycles. The maximum Gasteiger partial charge on any atom is 0.233 e. The van der Waals surface area contributed by atoms with Gasteiger partial charge in [-0.2, -0.15) is 0 Å². The molecule has 0 amide bonds. The third kappa shape index (κ3) is 1.81. The molecule has 0 spiro atoms. The van der Waals surface area contributed by atoms with Crippen molar-refractivity contribution in [2.75, 3.05) is 0 Å². The van der Waals surface area contributed by atoms with E-state index in [1.54, 1.807) is 48.5 Å². The Balaban J connectivity index is 2.84. The summed E-state index contributed by atoms with van der Waals surface area (Å²) >= 11 is 0. The van der Waals surface area contributed by atoms with E-state index in [0.717, 1.165) is 0 Å². The number of rotatable bonds is 1. The molecular weight excluding hydrogens is 266 g/mol. The van der Waals surface area contributed by atoms with Gasteiger partial charge in [0.25, 0.3) is 0 Å². The molecule has 6 heteroatoms. The Kier molecular flexibility index (Phi) is 2.62. The summed E-state index contributed by atoms with van der Waals surface area (Å²) in [5.74, 6) is 0. The highest BCUT2D eigenvalue weighted by Gasteiger charge is 2.12. The third-order valence-corrected chi connectivity index (χ3v) is 4.02. The lowest BCUT2D eigenvalue weighted by atomic mass is 10.1. The molecule has 0 radical (unpaired) electrons. The van der Waals surface area contributed by atoms with E-state index in [9.17, 15) is 13.7 Å². The van der Waals surface area contributed by atoms with Crippen molar-refractivity contribution in [3.05, 3.63) is 57.9 Å². The predicted molar refractivity (Wildman–Crippen MR) is 73.5 cm³/mol. The second-order valence-corrected chi connectivity index (χ2v) is 5.55. The van der Waals surface area contributed by atoms with Crippen LogP contribution in [0.4, 0.5) is 0 Å². The van der Waals surface area contributed by atoms with Crippen molar-refractivity contribution in [2.24, 2.45) is 4.58 Å². The van der Waals surface area contributed by atoms with Crippen LogP contribution in [0.1, 0.15) is 0 Å². The molecule has 0 aliphatic rings. The number of nitrogens with zero attached hydrogens (tertiary/aromatic N) is 1. The standard InChI is InChI=1S/C13H9NO4S/c15-14-19(16,17)13-9-5-1-3-7-11(9)18-12-8-4-2-6-10(12)13/h1-8H,(H,16,17). The molecule has 3 rings (SSSR count). The van der Waals surface area contributed by atoms with E-state index in [2.05, 4.69) is 4.58 Å². The fraction of sp³-hybridized carbons (Fsp3) is 0. The summed E-state index contributed by atoms with van der Waals surface area (Å²) in [6.45, 7) is 0. The molecule has 0 aliphatic carbocycles. The van der Waals surface area contributed by atoms with E-state index in [1.807, 2.05) is 0 Å².